The van der Waals surface area contributed by atoms with Crippen molar-refractivity contribution in [1.29, 1.82) is 0 Å². The van der Waals surface area contributed by atoms with Gasteiger partial charge in [0, 0.05) is 38.7 Å². The first-order chi connectivity index (χ1) is 15.9. The number of anilines is 1. The van der Waals surface area contributed by atoms with Crippen LogP contribution < -0.4 is 5.32 Å². The molecule has 0 unspecified atom stereocenters. The molecular formula is C22H27N7O3S. The Morgan fingerprint density at radius 2 is 1.88 bits per heavy atom. The maximum absolute atomic E-state index is 12.9. The van der Waals surface area contributed by atoms with Gasteiger partial charge in [0.15, 0.2) is 5.65 Å². The third-order valence-corrected chi connectivity index (χ3v) is 7.64. The van der Waals surface area contributed by atoms with E-state index in [2.05, 4.69) is 20.5 Å². The number of carbonyl (C=O) groups excluding carboxylic acids is 1. The van der Waals surface area contributed by atoms with Gasteiger partial charge >= 0.3 is 0 Å². The largest absolute Gasteiger partial charge is 0.328 e. The van der Waals surface area contributed by atoms with Crippen molar-refractivity contribution in [2.45, 2.75) is 45.1 Å². The number of carbonyl (C=O) groups is 1. The van der Waals surface area contributed by atoms with Crippen LogP contribution in [0.25, 0.3) is 16.7 Å². The van der Waals surface area contributed by atoms with Gasteiger partial charge in [0.1, 0.15) is 5.82 Å². The molecule has 4 rings (SSSR count). The molecule has 0 bridgehead atoms. The molecule has 0 radical (unpaired) electrons. The van der Waals surface area contributed by atoms with Crippen LogP contribution in [0.2, 0.25) is 0 Å². The minimum Gasteiger partial charge on any atom is -0.328 e. The SMILES string of the molecule is CCN(CC)S(=O)(=O)c1ccc2c(c1)nc(CCC(=O)Nc1nnc3ccccn13)n2CC. The number of nitrogens with one attached hydrogen (secondary N) is 1. The van der Waals surface area contributed by atoms with Gasteiger partial charge in [0.25, 0.3) is 0 Å². The summed E-state index contributed by atoms with van der Waals surface area (Å²) in [5.41, 5.74) is 2.09. The Bertz CT molecular complexity index is 1400. The molecule has 10 nitrogen and oxygen atoms in total. The van der Waals surface area contributed by atoms with Crippen molar-refractivity contribution < 1.29 is 13.2 Å². The van der Waals surface area contributed by atoms with Crippen molar-refractivity contribution in [2.24, 2.45) is 0 Å². The van der Waals surface area contributed by atoms with Crippen molar-refractivity contribution in [1.82, 2.24) is 28.5 Å². The minimum atomic E-state index is -3.57. The molecule has 0 fully saturated rings. The normalized spacial score (nSPS) is 12.1. The van der Waals surface area contributed by atoms with Crippen LogP contribution >= 0.6 is 0 Å². The molecule has 4 aromatic rings. The van der Waals surface area contributed by atoms with Gasteiger partial charge in [-0.15, -0.1) is 10.2 Å². The van der Waals surface area contributed by atoms with Crippen LogP contribution in [0.5, 0.6) is 0 Å². The molecule has 1 amide bonds. The van der Waals surface area contributed by atoms with Gasteiger partial charge in [0.2, 0.25) is 21.9 Å². The van der Waals surface area contributed by atoms with E-state index in [1.54, 1.807) is 34.9 Å². The van der Waals surface area contributed by atoms with E-state index in [9.17, 15) is 13.2 Å². The number of pyridine rings is 1. The number of amides is 1. The molecular weight excluding hydrogens is 442 g/mol. The lowest BCUT2D eigenvalue weighted by Crippen LogP contribution is -2.30. The molecule has 3 heterocycles. The molecule has 0 atom stereocenters. The second-order valence-corrected chi connectivity index (χ2v) is 9.45. The van der Waals surface area contributed by atoms with Crippen molar-refractivity contribution in [3.8, 4) is 0 Å². The highest BCUT2D eigenvalue weighted by molar-refractivity contribution is 7.89. The summed E-state index contributed by atoms with van der Waals surface area (Å²) in [6.07, 6.45) is 2.39. The average Bonchev–Trinajstić information content (AvgIpc) is 3.38. The lowest BCUT2D eigenvalue weighted by molar-refractivity contribution is -0.116. The van der Waals surface area contributed by atoms with E-state index >= 15 is 0 Å². The maximum atomic E-state index is 12.9. The van der Waals surface area contributed by atoms with Crippen LogP contribution in [0, 0.1) is 0 Å². The predicted octanol–water partition coefficient (Wildman–Crippen LogP) is 2.70. The fourth-order valence-corrected chi connectivity index (χ4v) is 5.39. The highest BCUT2D eigenvalue weighted by atomic mass is 32.2. The van der Waals surface area contributed by atoms with Crippen LogP contribution in [0.1, 0.15) is 33.0 Å². The molecule has 33 heavy (non-hydrogen) atoms. The zero-order chi connectivity index (χ0) is 23.6. The standard InChI is InChI=1S/C22H27N7O3S/c1-4-27(5-2)33(31,32)16-10-11-18-17(15-16)23-19(28(18)6-3)12-13-21(30)24-22-26-25-20-9-7-8-14-29(20)22/h7-11,14-15H,4-6,12-13H2,1-3H3,(H,24,26,30). The zero-order valence-corrected chi connectivity index (χ0v) is 19.7. The number of fused-ring (bicyclic) bond motifs is 2. The first-order valence-corrected chi connectivity index (χ1v) is 12.4. The van der Waals surface area contributed by atoms with Crippen LogP contribution in [0.3, 0.4) is 0 Å². The van der Waals surface area contributed by atoms with Gasteiger partial charge in [-0.3, -0.25) is 14.5 Å². The second kappa shape index (κ2) is 9.28. The van der Waals surface area contributed by atoms with Gasteiger partial charge in [-0.25, -0.2) is 13.4 Å². The van der Waals surface area contributed by atoms with E-state index in [1.807, 2.05) is 37.5 Å². The summed E-state index contributed by atoms with van der Waals surface area (Å²) in [6.45, 7) is 7.09. The maximum Gasteiger partial charge on any atom is 0.243 e. The lowest BCUT2D eigenvalue weighted by Gasteiger charge is -2.18. The van der Waals surface area contributed by atoms with E-state index in [1.165, 1.54) is 4.31 Å². The molecule has 0 aliphatic rings. The second-order valence-electron chi connectivity index (χ2n) is 7.51. The van der Waals surface area contributed by atoms with E-state index in [0.29, 0.717) is 43.2 Å². The van der Waals surface area contributed by atoms with E-state index in [4.69, 9.17) is 0 Å². The number of imidazole rings is 1. The van der Waals surface area contributed by atoms with Crippen molar-refractivity contribution in [2.75, 3.05) is 18.4 Å². The van der Waals surface area contributed by atoms with E-state index in [0.717, 1.165) is 11.3 Å². The quantitative estimate of drug-likeness (QED) is 0.403. The molecule has 0 saturated heterocycles. The van der Waals surface area contributed by atoms with Gasteiger partial charge in [-0.05, 0) is 37.3 Å². The molecule has 1 N–H and O–H groups in total. The molecule has 0 aliphatic carbocycles. The van der Waals surface area contributed by atoms with Gasteiger partial charge in [-0.2, -0.15) is 4.31 Å². The number of aryl methyl sites for hydroxylation is 2. The highest BCUT2D eigenvalue weighted by Gasteiger charge is 2.23. The van der Waals surface area contributed by atoms with Crippen molar-refractivity contribution in [3.05, 3.63) is 48.4 Å². The number of aromatic nitrogens is 5. The number of hydrogen-bond donors (Lipinski definition) is 1. The Kier molecular flexibility index (Phi) is 6.43. The Morgan fingerprint density at radius 3 is 2.61 bits per heavy atom. The summed E-state index contributed by atoms with van der Waals surface area (Å²) < 4.78 is 30.9. The third kappa shape index (κ3) is 4.33. The molecule has 0 spiro atoms. The fraction of sp³-hybridized carbons (Fsp3) is 0.364. The van der Waals surface area contributed by atoms with Crippen LogP contribution in [0.15, 0.2) is 47.5 Å². The molecule has 0 aliphatic heterocycles. The number of nitrogens with zero attached hydrogens (tertiary/aromatic N) is 6. The molecule has 3 aromatic heterocycles. The monoisotopic (exact) mass is 469 g/mol. The zero-order valence-electron chi connectivity index (χ0n) is 18.9. The van der Waals surface area contributed by atoms with E-state index in [-0.39, 0.29) is 17.2 Å². The summed E-state index contributed by atoms with van der Waals surface area (Å²) in [4.78, 5) is 17.4. The first-order valence-electron chi connectivity index (χ1n) is 11.0. The number of sulfonamides is 1. The summed E-state index contributed by atoms with van der Waals surface area (Å²) >= 11 is 0. The van der Waals surface area contributed by atoms with Crippen LogP contribution in [0.4, 0.5) is 5.95 Å². The van der Waals surface area contributed by atoms with Gasteiger partial charge in [-0.1, -0.05) is 19.9 Å². The molecule has 0 saturated carbocycles. The Morgan fingerprint density at radius 1 is 1.09 bits per heavy atom. The lowest BCUT2D eigenvalue weighted by atomic mass is 10.3. The third-order valence-electron chi connectivity index (χ3n) is 5.60. The molecule has 11 heteroatoms. The fourth-order valence-electron chi connectivity index (χ4n) is 3.92. The van der Waals surface area contributed by atoms with Crippen molar-refractivity contribution >= 4 is 38.6 Å². The molecule has 1 aromatic carbocycles. The smallest absolute Gasteiger partial charge is 0.243 e. The average molecular weight is 470 g/mol. The Labute approximate surface area is 192 Å². The number of rotatable bonds is 9. The van der Waals surface area contributed by atoms with Crippen LogP contribution in [-0.4, -0.2) is 55.9 Å². The van der Waals surface area contributed by atoms with Crippen LogP contribution in [-0.2, 0) is 27.8 Å². The van der Waals surface area contributed by atoms with Gasteiger partial charge < -0.3 is 4.57 Å². The topological polar surface area (TPSA) is 114 Å². The number of benzene rings is 1. The summed E-state index contributed by atoms with van der Waals surface area (Å²) in [5, 5.41) is 10.8. The highest BCUT2D eigenvalue weighted by Crippen LogP contribution is 2.23. The summed E-state index contributed by atoms with van der Waals surface area (Å²) in [5.74, 6) is 0.893. The first kappa shape index (κ1) is 22.9. The minimum absolute atomic E-state index is 0.201. The van der Waals surface area contributed by atoms with Gasteiger partial charge in [0.05, 0.1) is 15.9 Å². The summed E-state index contributed by atoms with van der Waals surface area (Å²) in [7, 11) is -3.57. The predicted molar refractivity (Wildman–Crippen MR) is 125 cm³/mol. The Hall–Kier alpha value is -3.31. The number of hydrogen-bond acceptors (Lipinski definition) is 6. The van der Waals surface area contributed by atoms with Crippen molar-refractivity contribution in [3.63, 3.8) is 0 Å². The Balaban J connectivity index is 1.54. The molecule has 174 valence electrons. The van der Waals surface area contributed by atoms with E-state index < -0.39 is 10.0 Å². The summed E-state index contributed by atoms with van der Waals surface area (Å²) in [6, 6.07) is 10.5.